The van der Waals surface area contributed by atoms with Crippen LogP contribution < -0.4 is 10.2 Å². The molecule has 1 unspecified atom stereocenters. The van der Waals surface area contributed by atoms with Crippen LogP contribution in [0.3, 0.4) is 0 Å². The third kappa shape index (κ3) is 3.67. The minimum Gasteiger partial charge on any atom is -0.368 e. The van der Waals surface area contributed by atoms with E-state index in [-0.39, 0.29) is 0 Å². The summed E-state index contributed by atoms with van der Waals surface area (Å²) in [5, 5.41) is 3.39. The molecule has 1 atom stereocenters. The van der Waals surface area contributed by atoms with E-state index in [2.05, 4.69) is 53.0 Å². The molecule has 1 saturated heterocycles. The first-order chi connectivity index (χ1) is 9.24. The molecule has 0 saturated carbocycles. The first kappa shape index (κ1) is 14.3. The number of anilines is 1. The molecule has 0 amide bonds. The topological polar surface area (TPSA) is 31.4 Å². The van der Waals surface area contributed by atoms with E-state index in [0.29, 0.717) is 6.04 Å². The zero-order chi connectivity index (χ0) is 13.7. The van der Waals surface area contributed by atoms with Gasteiger partial charge in [0, 0.05) is 32.2 Å². The summed E-state index contributed by atoms with van der Waals surface area (Å²) in [5.74, 6) is 0. The number of nitrogens with one attached hydrogen (secondary N) is 1. The van der Waals surface area contributed by atoms with Gasteiger partial charge in [-0.25, -0.2) is 0 Å². The molecule has 1 aliphatic rings. The highest BCUT2D eigenvalue weighted by molar-refractivity contribution is 5.45. The van der Waals surface area contributed by atoms with E-state index in [0.717, 1.165) is 45.0 Å². The van der Waals surface area contributed by atoms with Crippen LogP contribution in [0, 0.1) is 0 Å². The molecule has 4 nitrogen and oxygen atoms in total. The lowest BCUT2D eigenvalue weighted by Gasteiger charge is -2.35. The van der Waals surface area contributed by atoms with Crippen LogP contribution in [-0.4, -0.2) is 49.2 Å². The second-order valence-corrected chi connectivity index (χ2v) is 5.14. The number of nitrogens with zero attached hydrogens (tertiary/aromatic N) is 3. The van der Waals surface area contributed by atoms with Crippen LogP contribution in [-0.2, 0) is 0 Å². The Labute approximate surface area is 116 Å². The van der Waals surface area contributed by atoms with Gasteiger partial charge in [-0.3, -0.25) is 4.98 Å². The summed E-state index contributed by atoms with van der Waals surface area (Å²) in [5.41, 5.74) is 2.38. The van der Waals surface area contributed by atoms with Gasteiger partial charge < -0.3 is 15.1 Å². The smallest absolute Gasteiger partial charge is 0.0572 e. The van der Waals surface area contributed by atoms with Crippen molar-refractivity contribution in [3.63, 3.8) is 0 Å². The molecule has 0 spiro atoms. The molecule has 0 bridgehead atoms. The number of hydrogen-bond donors (Lipinski definition) is 1. The lowest BCUT2D eigenvalue weighted by atomic mass is 10.2. The van der Waals surface area contributed by atoms with Gasteiger partial charge in [-0.1, -0.05) is 13.8 Å². The number of rotatable bonds is 5. The van der Waals surface area contributed by atoms with Crippen molar-refractivity contribution in [2.75, 3.05) is 44.2 Å². The average molecular weight is 262 g/mol. The van der Waals surface area contributed by atoms with Gasteiger partial charge in [0.1, 0.15) is 0 Å². The van der Waals surface area contributed by atoms with Gasteiger partial charge in [0.25, 0.3) is 0 Å². The van der Waals surface area contributed by atoms with Crippen molar-refractivity contribution in [1.82, 2.24) is 15.2 Å². The summed E-state index contributed by atoms with van der Waals surface area (Å²) < 4.78 is 0. The van der Waals surface area contributed by atoms with Gasteiger partial charge in [0.05, 0.1) is 17.6 Å². The maximum Gasteiger partial charge on any atom is 0.0572 e. The summed E-state index contributed by atoms with van der Waals surface area (Å²) in [7, 11) is 0. The lowest BCUT2D eigenvalue weighted by molar-refractivity contribution is 0.271. The summed E-state index contributed by atoms with van der Waals surface area (Å²) in [4.78, 5) is 9.52. The third-order valence-electron chi connectivity index (χ3n) is 3.91. The molecular weight excluding hydrogens is 236 g/mol. The average Bonchev–Trinajstić information content (AvgIpc) is 2.48. The molecule has 1 aromatic heterocycles. The van der Waals surface area contributed by atoms with Gasteiger partial charge in [0.15, 0.2) is 0 Å². The Morgan fingerprint density at radius 3 is 2.47 bits per heavy atom. The SMILES string of the molecule is CCNC(C)c1ccc(N2CCN(CC)CC2)cn1. The van der Waals surface area contributed by atoms with Crippen LogP contribution in [0.4, 0.5) is 5.69 Å². The number of pyridine rings is 1. The van der Waals surface area contributed by atoms with E-state index >= 15 is 0 Å². The molecule has 0 aromatic carbocycles. The van der Waals surface area contributed by atoms with Crippen molar-refractivity contribution < 1.29 is 0 Å². The number of likely N-dealkylation sites (N-methyl/N-ethyl adjacent to an activating group) is 1. The summed E-state index contributed by atoms with van der Waals surface area (Å²) >= 11 is 0. The van der Waals surface area contributed by atoms with Crippen molar-refractivity contribution in [3.05, 3.63) is 24.0 Å². The van der Waals surface area contributed by atoms with Gasteiger partial charge >= 0.3 is 0 Å². The van der Waals surface area contributed by atoms with Crippen LogP contribution in [0.1, 0.15) is 32.5 Å². The van der Waals surface area contributed by atoms with Crippen molar-refractivity contribution in [2.24, 2.45) is 0 Å². The normalized spacial score (nSPS) is 18.6. The zero-order valence-corrected chi connectivity index (χ0v) is 12.4. The van der Waals surface area contributed by atoms with E-state index in [4.69, 9.17) is 0 Å². The molecule has 1 fully saturated rings. The van der Waals surface area contributed by atoms with E-state index < -0.39 is 0 Å². The molecule has 4 heteroatoms. The maximum absolute atomic E-state index is 4.59. The Hall–Kier alpha value is -1.13. The first-order valence-corrected chi connectivity index (χ1v) is 7.41. The van der Waals surface area contributed by atoms with Crippen molar-refractivity contribution in [2.45, 2.75) is 26.8 Å². The Morgan fingerprint density at radius 1 is 1.21 bits per heavy atom. The molecule has 0 radical (unpaired) electrons. The van der Waals surface area contributed by atoms with E-state index in [9.17, 15) is 0 Å². The first-order valence-electron chi connectivity index (χ1n) is 7.41. The second-order valence-electron chi connectivity index (χ2n) is 5.14. The predicted octanol–water partition coefficient (Wildman–Crippen LogP) is 1.89. The maximum atomic E-state index is 4.59. The minimum absolute atomic E-state index is 0.330. The fourth-order valence-corrected chi connectivity index (χ4v) is 2.57. The van der Waals surface area contributed by atoms with Crippen molar-refractivity contribution >= 4 is 5.69 Å². The summed E-state index contributed by atoms with van der Waals surface area (Å²) in [6, 6.07) is 4.68. The second kappa shape index (κ2) is 6.87. The van der Waals surface area contributed by atoms with Gasteiger partial charge in [-0.15, -0.1) is 0 Å². The van der Waals surface area contributed by atoms with E-state index in [1.54, 1.807) is 0 Å². The molecule has 1 aromatic rings. The Balaban J connectivity index is 1.95. The van der Waals surface area contributed by atoms with Crippen molar-refractivity contribution in [3.8, 4) is 0 Å². The summed E-state index contributed by atoms with van der Waals surface area (Å²) in [6.45, 7) is 13.2. The number of piperazine rings is 1. The summed E-state index contributed by atoms with van der Waals surface area (Å²) in [6.07, 6.45) is 2.02. The van der Waals surface area contributed by atoms with Crippen LogP contribution >= 0.6 is 0 Å². The quantitative estimate of drug-likeness (QED) is 0.878. The fraction of sp³-hybridized carbons (Fsp3) is 0.667. The van der Waals surface area contributed by atoms with Crippen LogP contribution in [0.5, 0.6) is 0 Å². The Morgan fingerprint density at radius 2 is 1.95 bits per heavy atom. The van der Waals surface area contributed by atoms with Gasteiger partial charge in [0.2, 0.25) is 0 Å². The molecule has 106 valence electrons. The third-order valence-corrected chi connectivity index (χ3v) is 3.91. The van der Waals surface area contributed by atoms with Crippen LogP contribution in [0.25, 0.3) is 0 Å². The molecule has 1 aliphatic heterocycles. The standard InChI is InChI=1S/C15H26N4/c1-4-16-13(3)15-7-6-14(12-17-15)19-10-8-18(5-2)9-11-19/h6-7,12-13,16H,4-5,8-11H2,1-3H3. The highest BCUT2D eigenvalue weighted by Gasteiger charge is 2.16. The lowest BCUT2D eigenvalue weighted by Crippen LogP contribution is -2.46. The predicted molar refractivity (Wildman–Crippen MR) is 80.7 cm³/mol. The Bertz CT molecular complexity index is 368. The molecule has 0 aliphatic carbocycles. The van der Waals surface area contributed by atoms with Crippen LogP contribution in [0.2, 0.25) is 0 Å². The fourth-order valence-electron chi connectivity index (χ4n) is 2.57. The van der Waals surface area contributed by atoms with Gasteiger partial charge in [-0.05, 0) is 32.1 Å². The number of hydrogen-bond acceptors (Lipinski definition) is 4. The van der Waals surface area contributed by atoms with E-state index in [1.165, 1.54) is 5.69 Å². The van der Waals surface area contributed by atoms with Crippen molar-refractivity contribution in [1.29, 1.82) is 0 Å². The van der Waals surface area contributed by atoms with Gasteiger partial charge in [-0.2, -0.15) is 0 Å². The monoisotopic (exact) mass is 262 g/mol. The number of aromatic nitrogens is 1. The van der Waals surface area contributed by atoms with Crippen LogP contribution in [0.15, 0.2) is 18.3 Å². The molecule has 1 N–H and O–H groups in total. The molecule has 2 heterocycles. The highest BCUT2D eigenvalue weighted by atomic mass is 15.3. The molecule has 19 heavy (non-hydrogen) atoms. The molecular formula is C15H26N4. The largest absolute Gasteiger partial charge is 0.368 e. The molecule has 2 rings (SSSR count). The van der Waals surface area contributed by atoms with E-state index in [1.807, 2.05) is 6.20 Å². The highest BCUT2D eigenvalue weighted by Crippen LogP contribution is 2.18. The minimum atomic E-state index is 0.330. The Kier molecular flexibility index (Phi) is 5.16. The zero-order valence-electron chi connectivity index (χ0n) is 12.4.